The molecule has 0 fully saturated rings. The minimum atomic E-state index is -0.384. The molecular weight excluding hydrogens is 268 g/mol. The van der Waals surface area contributed by atoms with Crippen molar-refractivity contribution >= 4 is 6.03 Å². The van der Waals surface area contributed by atoms with Gasteiger partial charge in [0.15, 0.2) is 0 Å². The van der Waals surface area contributed by atoms with Gasteiger partial charge in [0.2, 0.25) is 0 Å². The van der Waals surface area contributed by atoms with E-state index in [1.54, 1.807) is 0 Å². The Labute approximate surface area is 121 Å². The van der Waals surface area contributed by atoms with Crippen molar-refractivity contribution in [3.8, 4) is 0 Å². The van der Waals surface area contributed by atoms with Gasteiger partial charge in [0, 0.05) is 6.42 Å². The average molecular weight is 282 g/mol. The summed E-state index contributed by atoms with van der Waals surface area (Å²) in [5.41, 5.74) is 2.69. The van der Waals surface area contributed by atoms with Crippen LogP contribution in [-0.2, 0) is 12.8 Å². The lowest BCUT2D eigenvalue weighted by Gasteiger charge is -2.06. The van der Waals surface area contributed by atoms with Crippen molar-refractivity contribution in [1.29, 1.82) is 0 Å². The number of benzene rings is 1. The van der Waals surface area contributed by atoms with E-state index in [-0.39, 0.29) is 6.03 Å². The van der Waals surface area contributed by atoms with E-state index in [2.05, 4.69) is 20.6 Å². The number of aryl methyl sites for hydroxylation is 1. The molecule has 2 aromatic heterocycles. The molecular formula is C14H14N6O. The summed E-state index contributed by atoms with van der Waals surface area (Å²) in [6.07, 6.45) is 4.25. The Balaban J connectivity index is 1.98. The van der Waals surface area contributed by atoms with Gasteiger partial charge in [-0.25, -0.2) is 4.79 Å². The van der Waals surface area contributed by atoms with Gasteiger partial charge in [-0.1, -0.05) is 47.7 Å². The van der Waals surface area contributed by atoms with Crippen LogP contribution in [0.25, 0.3) is 0 Å². The number of carbonyl (C=O) groups is 1. The zero-order valence-corrected chi connectivity index (χ0v) is 11.5. The summed E-state index contributed by atoms with van der Waals surface area (Å²) in [5.74, 6) is 0. The van der Waals surface area contributed by atoms with Crippen LogP contribution < -0.4 is 0 Å². The minimum Gasteiger partial charge on any atom is -0.243 e. The molecule has 0 amide bonds. The molecule has 3 aromatic rings. The van der Waals surface area contributed by atoms with Crippen molar-refractivity contribution in [2.75, 3.05) is 0 Å². The molecule has 0 radical (unpaired) electrons. The van der Waals surface area contributed by atoms with E-state index in [1.165, 1.54) is 17.1 Å². The third kappa shape index (κ3) is 2.58. The molecule has 7 heteroatoms. The third-order valence-electron chi connectivity index (χ3n) is 3.19. The maximum Gasteiger partial charge on any atom is 0.372 e. The molecule has 3 rings (SSSR count). The zero-order chi connectivity index (χ0) is 14.7. The quantitative estimate of drug-likeness (QED) is 0.728. The van der Waals surface area contributed by atoms with Gasteiger partial charge in [0.05, 0.1) is 23.8 Å². The Morgan fingerprint density at radius 1 is 1.19 bits per heavy atom. The molecule has 0 aliphatic heterocycles. The SMILES string of the molecule is CCc1nnn(C(=O)n2ccnn2)c1Cc1ccccc1. The van der Waals surface area contributed by atoms with Crippen molar-refractivity contribution in [3.05, 3.63) is 59.7 Å². The second kappa shape index (κ2) is 5.66. The number of nitrogens with zero attached hydrogens (tertiary/aromatic N) is 6. The Kier molecular flexibility index (Phi) is 3.55. The second-order valence-corrected chi connectivity index (χ2v) is 4.54. The highest BCUT2D eigenvalue weighted by Crippen LogP contribution is 2.13. The van der Waals surface area contributed by atoms with Crippen LogP contribution in [0.1, 0.15) is 23.9 Å². The summed E-state index contributed by atoms with van der Waals surface area (Å²) < 4.78 is 2.43. The van der Waals surface area contributed by atoms with Gasteiger partial charge in [-0.05, 0) is 12.0 Å². The summed E-state index contributed by atoms with van der Waals surface area (Å²) in [6.45, 7) is 1.99. The summed E-state index contributed by atoms with van der Waals surface area (Å²) >= 11 is 0. The summed E-state index contributed by atoms with van der Waals surface area (Å²) in [4.78, 5) is 12.4. The molecule has 0 bridgehead atoms. The molecule has 0 aliphatic carbocycles. The molecule has 0 spiro atoms. The van der Waals surface area contributed by atoms with Gasteiger partial charge in [0.1, 0.15) is 0 Å². The van der Waals surface area contributed by atoms with Crippen molar-refractivity contribution in [1.82, 2.24) is 30.0 Å². The largest absolute Gasteiger partial charge is 0.372 e. The maximum absolute atomic E-state index is 12.4. The van der Waals surface area contributed by atoms with E-state index in [0.717, 1.165) is 21.6 Å². The first-order valence-electron chi connectivity index (χ1n) is 6.68. The van der Waals surface area contributed by atoms with Gasteiger partial charge in [0.25, 0.3) is 0 Å². The predicted octanol–water partition coefficient (Wildman–Crippen LogP) is 1.54. The minimum absolute atomic E-state index is 0.384. The van der Waals surface area contributed by atoms with Crippen LogP contribution >= 0.6 is 0 Å². The van der Waals surface area contributed by atoms with Crippen LogP contribution in [0.2, 0.25) is 0 Å². The van der Waals surface area contributed by atoms with E-state index in [4.69, 9.17) is 0 Å². The second-order valence-electron chi connectivity index (χ2n) is 4.54. The molecule has 2 heterocycles. The lowest BCUT2D eigenvalue weighted by molar-refractivity contribution is 0.236. The van der Waals surface area contributed by atoms with Gasteiger partial charge in [-0.2, -0.15) is 9.36 Å². The van der Waals surface area contributed by atoms with Crippen molar-refractivity contribution in [2.24, 2.45) is 0 Å². The molecule has 0 saturated carbocycles. The number of carbonyl (C=O) groups excluding carboxylic acids is 1. The van der Waals surface area contributed by atoms with Crippen LogP contribution in [-0.4, -0.2) is 36.0 Å². The van der Waals surface area contributed by atoms with Crippen LogP contribution in [0, 0.1) is 0 Å². The first-order valence-corrected chi connectivity index (χ1v) is 6.68. The highest BCUT2D eigenvalue weighted by molar-refractivity contribution is 5.78. The lowest BCUT2D eigenvalue weighted by atomic mass is 10.1. The van der Waals surface area contributed by atoms with Gasteiger partial charge < -0.3 is 0 Å². The highest BCUT2D eigenvalue weighted by atomic mass is 16.2. The monoisotopic (exact) mass is 282 g/mol. The normalized spacial score (nSPS) is 10.7. The Morgan fingerprint density at radius 3 is 2.67 bits per heavy atom. The molecule has 1 aromatic carbocycles. The van der Waals surface area contributed by atoms with E-state index in [9.17, 15) is 4.79 Å². The molecule has 7 nitrogen and oxygen atoms in total. The van der Waals surface area contributed by atoms with E-state index < -0.39 is 0 Å². The predicted molar refractivity (Wildman–Crippen MR) is 74.9 cm³/mol. The van der Waals surface area contributed by atoms with E-state index in [1.807, 2.05) is 37.3 Å². The average Bonchev–Trinajstić information content (AvgIpc) is 3.17. The molecule has 106 valence electrons. The van der Waals surface area contributed by atoms with Crippen molar-refractivity contribution in [3.63, 3.8) is 0 Å². The van der Waals surface area contributed by atoms with E-state index in [0.29, 0.717) is 12.8 Å². The van der Waals surface area contributed by atoms with Crippen molar-refractivity contribution in [2.45, 2.75) is 19.8 Å². The summed E-state index contributed by atoms with van der Waals surface area (Å²) in [6, 6.07) is 9.53. The number of hydrogen-bond donors (Lipinski definition) is 0. The van der Waals surface area contributed by atoms with Crippen LogP contribution in [0.15, 0.2) is 42.7 Å². The Hall–Kier alpha value is -2.83. The fourth-order valence-electron chi connectivity index (χ4n) is 2.13. The van der Waals surface area contributed by atoms with Gasteiger partial charge in [-0.3, -0.25) is 0 Å². The maximum atomic E-state index is 12.4. The number of aromatic nitrogens is 6. The van der Waals surface area contributed by atoms with Gasteiger partial charge in [-0.15, -0.1) is 10.2 Å². The summed E-state index contributed by atoms with van der Waals surface area (Å²) in [5, 5.41) is 15.4. The van der Waals surface area contributed by atoms with Crippen LogP contribution in [0.5, 0.6) is 0 Å². The van der Waals surface area contributed by atoms with E-state index >= 15 is 0 Å². The third-order valence-corrected chi connectivity index (χ3v) is 3.19. The van der Waals surface area contributed by atoms with Crippen LogP contribution in [0.3, 0.4) is 0 Å². The topological polar surface area (TPSA) is 78.5 Å². The van der Waals surface area contributed by atoms with Crippen LogP contribution in [0.4, 0.5) is 4.79 Å². The number of hydrogen-bond acceptors (Lipinski definition) is 5. The van der Waals surface area contributed by atoms with Crippen molar-refractivity contribution < 1.29 is 4.79 Å². The standard InChI is InChI=1S/C14H14N6O/c1-2-12-13(10-11-6-4-3-5-7-11)20(18-16-12)14(21)19-9-8-15-17-19/h3-9H,2,10H2,1H3. The molecule has 0 aliphatic rings. The molecule has 0 unspecified atom stereocenters. The summed E-state index contributed by atoms with van der Waals surface area (Å²) in [7, 11) is 0. The highest BCUT2D eigenvalue weighted by Gasteiger charge is 2.19. The molecule has 0 atom stereocenters. The number of rotatable bonds is 3. The zero-order valence-electron chi connectivity index (χ0n) is 11.5. The smallest absolute Gasteiger partial charge is 0.243 e. The fourth-order valence-corrected chi connectivity index (χ4v) is 2.13. The first-order chi connectivity index (χ1) is 10.3. The molecule has 0 N–H and O–H groups in total. The Morgan fingerprint density at radius 2 is 2.00 bits per heavy atom. The Bertz CT molecular complexity index is 732. The molecule has 0 saturated heterocycles. The lowest BCUT2D eigenvalue weighted by Crippen LogP contribution is -2.23. The van der Waals surface area contributed by atoms with Gasteiger partial charge >= 0.3 is 6.03 Å². The fraction of sp³-hybridized carbons (Fsp3) is 0.214. The first kappa shape index (κ1) is 13.2. The molecule has 21 heavy (non-hydrogen) atoms.